The van der Waals surface area contributed by atoms with Crippen molar-refractivity contribution in [3.8, 4) is 17.1 Å². The van der Waals surface area contributed by atoms with Gasteiger partial charge in [0.25, 0.3) is 0 Å². The molecule has 1 aliphatic rings. The number of hydrogen-bond donors (Lipinski definition) is 2. The number of carboxylic acid groups (broad SMARTS) is 1. The summed E-state index contributed by atoms with van der Waals surface area (Å²) in [6.45, 7) is -0.379. The van der Waals surface area contributed by atoms with Crippen LogP contribution in [-0.4, -0.2) is 89.2 Å². The van der Waals surface area contributed by atoms with E-state index in [-0.39, 0.29) is 19.6 Å². The summed E-state index contributed by atoms with van der Waals surface area (Å²) in [6, 6.07) is 6.99. The Bertz CT molecular complexity index is 1400. The minimum absolute atomic E-state index is 0.0185. The van der Waals surface area contributed by atoms with Crippen LogP contribution in [0.15, 0.2) is 49.1 Å². The number of carbonyl (C=O) groups is 1. The molecule has 1 amide bonds. The highest BCUT2D eigenvalue weighted by Gasteiger charge is 2.28. The number of aromatic nitrogens is 6. The maximum Gasteiger partial charge on any atom is 0.408 e. The van der Waals surface area contributed by atoms with Crippen molar-refractivity contribution in [3.05, 3.63) is 49.1 Å². The van der Waals surface area contributed by atoms with Crippen LogP contribution in [0.3, 0.4) is 0 Å². The molecular weight excluding hydrogens is 481 g/mol. The third-order valence-electron chi connectivity index (χ3n) is 5.76. The lowest BCUT2D eigenvalue weighted by atomic mass is 10.2. The first-order valence-corrected chi connectivity index (χ1v) is 11.0. The summed E-state index contributed by atoms with van der Waals surface area (Å²) in [5.74, 6) is 1.02. The summed E-state index contributed by atoms with van der Waals surface area (Å²) in [4.78, 5) is 23.3. The molecule has 0 aliphatic carbocycles. The molecule has 36 heavy (non-hydrogen) atoms. The van der Waals surface area contributed by atoms with E-state index < -0.39 is 24.9 Å². The van der Waals surface area contributed by atoms with Crippen molar-refractivity contribution in [1.29, 1.82) is 0 Å². The molecule has 0 spiro atoms. The number of nitrogens with zero attached hydrogens (tertiary/aromatic N) is 8. The molecule has 0 aromatic carbocycles. The lowest BCUT2D eigenvalue weighted by molar-refractivity contribution is -0.142. The normalized spacial score (nSPS) is 16.9. The van der Waals surface area contributed by atoms with Crippen LogP contribution in [0.25, 0.3) is 28.0 Å². The van der Waals surface area contributed by atoms with Gasteiger partial charge in [-0.25, -0.2) is 14.5 Å². The first-order valence-electron chi connectivity index (χ1n) is 11.0. The van der Waals surface area contributed by atoms with Gasteiger partial charge in [-0.3, -0.25) is 9.67 Å². The first-order chi connectivity index (χ1) is 17.2. The third-order valence-corrected chi connectivity index (χ3v) is 5.76. The largest absolute Gasteiger partial charge is 0.465 e. The van der Waals surface area contributed by atoms with E-state index in [1.807, 2.05) is 4.90 Å². The minimum Gasteiger partial charge on any atom is -0.465 e. The van der Waals surface area contributed by atoms with Crippen molar-refractivity contribution in [1.82, 2.24) is 34.4 Å². The predicted octanol–water partition coefficient (Wildman–Crippen LogP) is 2.40. The van der Waals surface area contributed by atoms with Crippen molar-refractivity contribution in [2.24, 2.45) is 0 Å². The number of pyridine rings is 2. The van der Waals surface area contributed by atoms with Gasteiger partial charge in [0.15, 0.2) is 5.82 Å². The van der Waals surface area contributed by atoms with Gasteiger partial charge >= 0.3 is 12.3 Å². The standard InChI is InChI=1S/C22H21F3N8O3/c23-22(24,25)13-32-10-15(9-27-32)17-6-18-14(7-26-17)8-28-33(18)20-3-1-2-19(29-20)30-4-5-31(21(35)36)12-16(34)11-30/h1-3,6-10,16,34H,4-5,11-13H2,(H,35,36). The van der Waals surface area contributed by atoms with Gasteiger partial charge in [0.05, 0.1) is 36.3 Å². The SMILES string of the molecule is O=C(O)N1CCN(c2cccc(-n3ncc4cnc(-c5cnn(CC(F)(F)F)c5)cc43)n2)CC(O)C1. The monoisotopic (exact) mass is 502 g/mol. The van der Waals surface area contributed by atoms with Crippen LogP contribution in [-0.2, 0) is 6.54 Å². The number of aliphatic hydroxyl groups excluding tert-OH is 1. The van der Waals surface area contributed by atoms with Crippen molar-refractivity contribution in [2.75, 3.05) is 31.1 Å². The topological polar surface area (TPSA) is 125 Å². The fourth-order valence-electron chi connectivity index (χ4n) is 4.11. The molecule has 1 aliphatic heterocycles. The van der Waals surface area contributed by atoms with Gasteiger partial charge in [0.1, 0.15) is 12.4 Å². The molecule has 4 aromatic heterocycles. The Balaban J connectivity index is 1.44. The second kappa shape index (κ2) is 9.11. The van der Waals surface area contributed by atoms with E-state index in [0.717, 1.165) is 4.68 Å². The predicted molar refractivity (Wildman–Crippen MR) is 122 cm³/mol. The number of β-amino-alcohol motifs (C(OH)–C–C–N with tert-alkyl or cyclic N) is 1. The van der Waals surface area contributed by atoms with Gasteiger partial charge in [0, 0.05) is 43.0 Å². The van der Waals surface area contributed by atoms with E-state index in [1.165, 1.54) is 17.3 Å². The lowest BCUT2D eigenvalue weighted by Gasteiger charge is -2.23. The van der Waals surface area contributed by atoms with E-state index in [2.05, 4.69) is 20.2 Å². The molecule has 1 fully saturated rings. The van der Waals surface area contributed by atoms with Crippen LogP contribution in [0.2, 0.25) is 0 Å². The zero-order valence-corrected chi connectivity index (χ0v) is 18.7. The number of rotatable bonds is 4. The van der Waals surface area contributed by atoms with Crippen molar-refractivity contribution in [3.63, 3.8) is 0 Å². The number of amides is 1. The Labute approximate surface area is 202 Å². The smallest absolute Gasteiger partial charge is 0.408 e. The van der Waals surface area contributed by atoms with Gasteiger partial charge in [0.2, 0.25) is 0 Å². The maximum atomic E-state index is 12.7. The first kappa shape index (κ1) is 23.5. The van der Waals surface area contributed by atoms with Crippen molar-refractivity contribution >= 4 is 22.8 Å². The van der Waals surface area contributed by atoms with Gasteiger partial charge in [-0.1, -0.05) is 6.07 Å². The van der Waals surface area contributed by atoms with Gasteiger partial charge in [-0.2, -0.15) is 23.4 Å². The molecule has 188 valence electrons. The van der Waals surface area contributed by atoms with E-state index in [0.29, 0.717) is 40.3 Å². The summed E-state index contributed by atoms with van der Waals surface area (Å²) in [7, 11) is 0. The molecule has 5 heterocycles. The number of alkyl halides is 3. The maximum absolute atomic E-state index is 12.7. The molecule has 0 saturated carbocycles. The molecule has 1 saturated heterocycles. The van der Waals surface area contributed by atoms with E-state index >= 15 is 0 Å². The number of aliphatic hydroxyl groups is 1. The molecule has 1 atom stereocenters. The fraction of sp³-hybridized carbons (Fsp3) is 0.318. The quantitative estimate of drug-likeness (QED) is 0.436. The van der Waals surface area contributed by atoms with Crippen molar-refractivity contribution in [2.45, 2.75) is 18.8 Å². The molecule has 0 radical (unpaired) electrons. The number of fused-ring (bicyclic) bond motifs is 1. The average molecular weight is 502 g/mol. The van der Waals surface area contributed by atoms with Crippen LogP contribution < -0.4 is 4.90 Å². The van der Waals surface area contributed by atoms with Gasteiger partial charge < -0.3 is 20.0 Å². The summed E-state index contributed by atoms with van der Waals surface area (Å²) in [5.41, 5.74) is 1.50. The van der Waals surface area contributed by atoms with E-state index in [1.54, 1.807) is 41.3 Å². The minimum atomic E-state index is -4.38. The fourth-order valence-corrected chi connectivity index (χ4v) is 4.11. The Morgan fingerprint density at radius 3 is 2.67 bits per heavy atom. The zero-order valence-electron chi connectivity index (χ0n) is 18.7. The molecule has 14 heteroatoms. The number of halogens is 3. The Morgan fingerprint density at radius 1 is 1.08 bits per heavy atom. The van der Waals surface area contributed by atoms with Crippen LogP contribution in [0.5, 0.6) is 0 Å². The molecule has 11 nitrogen and oxygen atoms in total. The molecule has 4 aromatic rings. The summed E-state index contributed by atoms with van der Waals surface area (Å²) < 4.78 is 40.5. The Hall–Kier alpha value is -4.20. The molecule has 2 N–H and O–H groups in total. The zero-order chi connectivity index (χ0) is 25.4. The van der Waals surface area contributed by atoms with Crippen LogP contribution in [0.4, 0.5) is 23.8 Å². The van der Waals surface area contributed by atoms with Gasteiger partial charge in [-0.15, -0.1) is 0 Å². The molecule has 5 rings (SSSR count). The van der Waals surface area contributed by atoms with Crippen molar-refractivity contribution < 1.29 is 28.2 Å². The molecule has 0 bridgehead atoms. The number of hydrogen-bond acceptors (Lipinski definition) is 7. The highest BCUT2D eigenvalue weighted by molar-refractivity contribution is 5.83. The van der Waals surface area contributed by atoms with Crippen LogP contribution in [0, 0.1) is 0 Å². The van der Waals surface area contributed by atoms with E-state index in [9.17, 15) is 28.2 Å². The second-order valence-electron chi connectivity index (χ2n) is 8.41. The lowest BCUT2D eigenvalue weighted by Crippen LogP contribution is -2.36. The van der Waals surface area contributed by atoms with E-state index in [4.69, 9.17) is 0 Å². The second-order valence-corrected chi connectivity index (χ2v) is 8.41. The molecule has 1 unspecified atom stereocenters. The Kier molecular flexibility index (Phi) is 5.96. The average Bonchev–Trinajstić information content (AvgIpc) is 3.40. The summed E-state index contributed by atoms with van der Waals surface area (Å²) in [5, 5.41) is 28.4. The molecular formula is C22H21F3N8O3. The number of anilines is 1. The van der Waals surface area contributed by atoms with Crippen LogP contribution >= 0.6 is 0 Å². The van der Waals surface area contributed by atoms with Gasteiger partial charge in [-0.05, 0) is 18.2 Å². The summed E-state index contributed by atoms with van der Waals surface area (Å²) in [6.07, 6.45) is -0.554. The highest BCUT2D eigenvalue weighted by Crippen LogP contribution is 2.25. The summed E-state index contributed by atoms with van der Waals surface area (Å²) >= 11 is 0. The van der Waals surface area contributed by atoms with Crippen LogP contribution in [0.1, 0.15) is 0 Å². The Morgan fingerprint density at radius 2 is 1.89 bits per heavy atom. The third kappa shape index (κ3) is 4.93. The highest BCUT2D eigenvalue weighted by atomic mass is 19.4.